The molecule has 0 amide bonds. The number of anilines is 2. The van der Waals surface area contributed by atoms with Crippen molar-refractivity contribution in [3.05, 3.63) is 168 Å². The Hall–Kier alpha value is -6.65. The van der Waals surface area contributed by atoms with Crippen LogP contribution in [0.5, 0.6) is 0 Å². The van der Waals surface area contributed by atoms with Gasteiger partial charge in [-0.05, 0) is 114 Å². The van der Waals surface area contributed by atoms with Crippen molar-refractivity contribution >= 4 is 73.3 Å². The lowest BCUT2D eigenvalue weighted by Gasteiger charge is -2.34. The van der Waals surface area contributed by atoms with E-state index >= 15 is 0 Å². The molecule has 1 aliphatic heterocycles. The summed E-state index contributed by atoms with van der Waals surface area (Å²) in [5, 5.41) is 6.26. The average Bonchev–Trinajstić information content (AvgIpc) is 3.72. The highest BCUT2D eigenvalue weighted by Gasteiger charge is 2.28. The van der Waals surface area contributed by atoms with Crippen LogP contribution < -0.4 is 4.90 Å². The molecule has 7 aromatic carbocycles. The standard InChI is InChI=1S/C49H38N4/c1-4-15-45-37(5-2)39-25-26-40-38-20-11-13-22-46(38)53(49(40)48(39)52(45)35-18-7-6-8-19-35)36-24-27-44-42(30-36)41-29-33-17-10-9-16-32(33)28-34(41)31-51(44)47-23-14-12-21-43(47)50-3/h4,6-30H,3,5,31H2,1-2H3/b15-4-. The summed E-state index contributed by atoms with van der Waals surface area (Å²) < 4.78 is 4.98. The maximum absolute atomic E-state index is 4.44. The van der Waals surface area contributed by atoms with Crippen molar-refractivity contribution in [3.63, 3.8) is 0 Å². The molecule has 2 aromatic heterocycles. The van der Waals surface area contributed by atoms with E-state index in [1.807, 2.05) is 12.1 Å². The SMILES string of the molecule is C=Nc1ccccc1N1Cc2cc3ccccc3cc2-c2cc(-n3c4ccccc4c4ccc5c(CC)c(/C=C\C)n(-c6ccccc6)c5c43)ccc21. The fraction of sp³-hybridized carbons (Fsp3) is 0.0816. The molecule has 0 atom stereocenters. The fourth-order valence-electron chi connectivity index (χ4n) is 8.80. The second-order valence-corrected chi connectivity index (χ2v) is 13.9. The van der Waals surface area contributed by atoms with Crippen LogP contribution in [0.25, 0.3) is 72.1 Å². The summed E-state index contributed by atoms with van der Waals surface area (Å²) in [5.41, 5.74) is 15.4. The number of aryl methyl sites for hydroxylation is 1. The lowest BCUT2D eigenvalue weighted by Crippen LogP contribution is -2.22. The summed E-state index contributed by atoms with van der Waals surface area (Å²) in [6.07, 6.45) is 5.37. The molecule has 9 aromatic rings. The van der Waals surface area contributed by atoms with E-state index in [0.717, 1.165) is 41.4 Å². The van der Waals surface area contributed by atoms with Gasteiger partial charge in [-0.1, -0.05) is 97.9 Å². The molecule has 0 aliphatic carbocycles. The van der Waals surface area contributed by atoms with Crippen LogP contribution in [0.1, 0.15) is 30.7 Å². The molecule has 4 nitrogen and oxygen atoms in total. The highest BCUT2D eigenvalue weighted by molar-refractivity contribution is 6.19. The van der Waals surface area contributed by atoms with Gasteiger partial charge in [0.1, 0.15) is 0 Å². The third-order valence-electron chi connectivity index (χ3n) is 11.1. The summed E-state index contributed by atoms with van der Waals surface area (Å²) in [4.78, 5) is 6.84. The summed E-state index contributed by atoms with van der Waals surface area (Å²) in [6, 6.07) is 53.1. The molecule has 3 heterocycles. The highest BCUT2D eigenvalue weighted by atomic mass is 15.2. The molecule has 0 saturated carbocycles. The van der Waals surface area contributed by atoms with Gasteiger partial charge in [0, 0.05) is 51.0 Å². The van der Waals surface area contributed by atoms with Crippen LogP contribution in [0.15, 0.2) is 157 Å². The third-order valence-corrected chi connectivity index (χ3v) is 11.1. The molecule has 0 fully saturated rings. The molecule has 0 N–H and O–H groups in total. The maximum atomic E-state index is 4.44. The van der Waals surface area contributed by atoms with Gasteiger partial charge in [-0.25, -0.2) is 0 Å². The molecular formula is C49H38N4. The molecular weight excluding hydrogens is 645 g/mol. The van der Waals surface area contributed by atoms with E-state index in [4.69, 9.17) is 0 Å². The lowest BCUT2D eigenvalue weighted by atomic mass is 9.90. The van der Waals surface area contributed by atoms with Crippen LogP contribution >= 0.6 is 0 Å². The van der Waals surface area contributed by atoms with E-state index in [1.165, 1.54) is 71.4 Å². The maximum Gasteiger partial charge on any atom is 0.0859 e. The second-order valence-electron chi connectivity index (χ2n) is 13.9. The third kappa shape index (κ3) is 4.65. The van der Waals surface area contributed by atoms with Crippen LogP contribution in [0.3, 0.4) is 0 Å². The number of para-hydroxylation sites is 4. The normalized spacial score (nSPS) is 12.7. The predicted molar refractivity (Wildman–Crippen MR) is 226 cm³/mol. The van der Waals surface area contributed by atoms with Gasteiger partial charge >= 0.3 is 0 Å². The number of benzene rings is 7. The molecule has 53 heavy (non-hydrogen) atoms. The van der Waals surface area contributed by atoms with E-state index in [9.17, 15) is 0 Å². The molecule has 0 spiro atoms. The topological polar surface area (TPSA) is 25.5 Å². The monoisotopic (exact) mass is 682 g/mol. The molecule has 0 radical (unpaired) electrons. The highest BCUT2D eigenvalue weighted by Crippen LogP contribution is 2.48. The minimum Gasteiger partial charge on any atom is -0.335 e. The largest absolute Gasteiger partial charge is 0.335 e. The van der Waals surface area contributed by atoms with Crippen molar-refractivity contribution in [2.24, 2.45) is 4.99 Å². The van der Waals surface area contributed by atoms with Gasteiger partial charge in [0.15, 0.2) is 0 Å². The van der Waals surface area contributed by atoms with Crippen LogP contribution in [-0.4, -0.2) is 15.9 Å². The number of hydrogen-bond donors (Lipinski definition) is 0. The minimum atomic E-state index is 0.743. The zero-order valence-corrected chi connectivity index (χ0v) is 29.9. The Labute approximate surface area is 309 Å². The molecule has 1 aliphatic rings. The van der Waals surface area contributed by atoms with Gasteiger partial charge in [-0.3, -0.25) is 4.99 Å². The van der Waals surface area contributed by atoms with Crippen molar-refractivity contribution in [1.29, 1.82) is 0 Å². The number of aromatic nitrogens is 2. The smallest absolute Gasteiger partial charge is 0.0859 e. The first-order chi connectivity index (χ1) is 26.2. The molecule has 0 unspecified atom stereocenters. The first-order valence-corrected chi connectivity index (χ1v) is 18.5. The van der Waals surface area contributed by atoms with E-state index in [0.29, 0.717) is 0 Å². The van der Waals surface area contributed by atoms with E-state index in [-0.39, 0.29) is 0 Å². The van der Waals surface area contributed by atoms with Crippen LogP contribution in [0.2, 0.25) is 0 Å². The Morgan fingerprint density at radius 1 is 0.623 bits per heavy atom. The zero-order valence-electron chi connectivity index (χ0n) is 29.9. The summed E-state index contributed by atoms with van der Waals surface area (Å²) in [5.74, 6) is 0. The number of aliphatic imine (C=N–C) groups is 1. The number of nitrogens with zero attached hydrogens (tertiary/aromatic N) is 4. The minimum absolute atomic E-state index is 0.743. The van der Waals surface area contributed by atoms with Crippen molar-refractivity contribution in [2.45, 2.75) is 26.8 Å². The van der Waals surface area contributed by atoms with Crippen LogP contribution in [0, 0.1) is 0 Å². The van der Waals surface area contributed by atoms with Crippen LogP contribution in [-0.2, 0) is 13.0 Å². The fourth-order valence-corrected chi connectivity index (χ4v) is 8.80. The summed E-state index contributed by atoms with van der Waals surface area (Å²) in [6.45, 7) is 9.05. The Morgan fingerprint density at radius 2 is 1.34 bits per heavy atom. The van der Waals surface area contributed by atoms with Gasteiger partial charge in [0.25, 0.3) is 0 Å². The van der Waals surface area contributed by atoms with E-state index in [2.05, 4.69) is 185 Å². The molecule has 0 bridgehead atoms. The quantitative estimate of drug-likeness (QED) is 0.160. The van der Waals surface area contributed by atoms with E-state index < -0.39 is 0 Å². The van der Waals surface area contributed by atoms with Crippen LogP contribution in [0.4, 0.5) is 17.1 Å². The average molecular weight is 683 g/mol. The van der Waals surface area contributed by atoms with Crippen molar-refractivity contribution in [2.75, 3.05) is 4.90 Å². The molecule has 4 heteroatoms. The summed E-state index contributed by atoms with van der Waals surface area (Å²) >= 11 is 0. The summed E-state index contributed by atoms with van der Waals surface area (Å²) in [7, 11) is 0. The lowest BCUT2D eigenvalue weighted by molar-refractivity contribution is 0.962. The number of allylic oxidation sites excluding steroid dienone is 1. The van der Waals surface area contributed by atoms with Gasteiger partial charge in [-0.15, -0.1) is 0 Å². The van der Waals surface area contributed by atoms with Crippen molar-refractivity contribution < 1.29 is 0 Å². The van der Waals surface area contributed by atoms with Gasteiger partial charge in [0.2, 0.25) is 0 Å². The number of hydrogen-bond acceptors (Lipinski definition) is 2. The van der Waals surface area contributed by atoms with Gasteiger partial charge in [0.05, 0.1) is 27.9 Å². The van der Waals surface area contributed by atoms with Crippen molar-refractivity contribution in [1.82, 2.24) is 9.13 Å². The Kier molecular flexibility index (Phi) is 7.19. The Morgan fingerprint density at radius 3 is 2.15 bits per heavy atom. The Bertz CT molecular complexity index is 2940. The second kappa shape index (κ2) is 12.2. The molecule has 0 saturated heterocycles. The first kappa shape index (κ1) is 31.1. The first-order valence-electron chi connectivity index (χ1n) is 18.5. The zero-order chi connectivity index (χ0) is 35.6. The van der Waals surface area contributed by atoms with E-state index in [1.54, 1.807) is 0 Å². The Balaban J connectivity index is 1.33. The predicted octanol–water partition coefficient (Wildman–Crippen LogP) is 13.1. The van der Waals surface area contributed by atoms with Crippen molar-refractivity contribution in [3.8, 4) is 22.5 Å². The molecule has 254 valence electrons. The number of fused-ring (bicyclic) bond motifs is 9. The molecule has 10 rings (SSSR count). The van der Waals surface area contributed by atoms with Gasteiger partial charge in [-0.2, -0.15) is 0 Å². The number of rotatable bonds is 6. The van der Waals surface area contributed by atoms with Gasteiger partial charge < -0.3 is 14.0 Å².